The van der Waals surface area contributed by atoms with Crippen LogP contribution in [0.3, 0.4) is 0 Å². The van der Waals surface area contributed by atoms with E-state index in [-0.39, 0.29) is 24.3 Å². The number of halogens is 1. The second-order valence-electron chi connectivity index (χ2n) is 6.67. The maximum atomic E-state index is 12.9. The molecule has 0 radical (unpaired) electrons. The number of carbonyl (C=O) groups is 2. The van der Waals surface area contributed by atoms with E-state index in [2.05, 4.69) is 0 Å². The van der Waals surface area contributed by atoms with E-state index in [9.17, 15) is 14.7 Å². The number of carboxylic acid groups (broad SMARTS) is 1. The van der Waals surface area contributed by atoms with E-state index in [1.807, 2.05) is 26.0 Å². The van der Waals surface area contributed by atoms with Crippen molar-refractivity contribution in [1.29, 1.82) is 0 Å². The number of amides is 1. The minimum absolute atomic E-state index is 0.155. The van der Waals surface area contributed by atoms with Crippen molar-refractivity contribution in [2.45, 2.75) is 25.7 Å². The molecule has 1 aromatic heterocycles. The Morgan fingerprint density at radius 3 is 2.48 bits per heavy atom. The first-order chi connectivity index (χ1) is 11.9. The van der Waals surface area contributed by atoms with Gasteiger partial charge in [0.1, 0.15) is 0 Å². The van der Waals surface area contributed by atoms with Crippen molar-refractivity contribution in [2.24, 2.45) is 5.92 Å². The lowest BCUT2D eigenvalue weighted by Crippen LogP contribution is -2.30. The molecule has 1 N–H and O–H groups in total. The van der Waals surface area contributed by atoms with Crippen LogP contribution in [0.25, 0.3) is 0 Å². The lowest BCUT2D eigenvalue weighted by molar-refractivity contribution is -0.141. The quantitative estimate of drug-likeness (QED) is 0.893. The topological polar surface area (TPSA) is 70.8 Å². The molecule has 1 amide bonds. The smallest absolute Gasteiger partial charge is 0.308 e. The van der Waals surface area contributed by atoms with Crippen LogP contribution in [0.2, 0.25) is 5.02 Å². The summed E-state index contributed by atoms with van der Waals surface area (Å²) in [5.41, 5.74) is 1.71. The molecule has 5 nitrogen and oxygen atoms in total. The highest BCUT2D eigenvalue weighted by molar-refractivity contribution is 6.30. The molecule has 2 aromatic rings. The Kier molecular flexibility index (Phi) is 4.86. The monoisotopic (exact) mass is 361 g/mol. The van der Waals surface area contributed by atoms with E-state index < -0.39 is 11.9 Å². The summed E-state index contributed by atoms with van der Waals surface area (Å²) in [5.74, 6) is -1.62. The van der Waals surface area contributed by atoms with Gasteiger partial charge < -0.3 is 14.4 Å². The van der Waals surface area contributed by atoms with Crippen LogP contribution in [0.5, 0.6) is 0 Å². The van der Waals surface area contributed by atoms with Crippen LogP contribution in [0.15, 0.2) is 41.0 Å². The van der Waals surface area contributed by atoms with Gasteiger partial charge in [0.2, 0.25) is 0 Å². The van der Waals surface area contributed by atoms with Gasteiger partial charge in [-0.2, -0.15) is 0 Å². The molecule has 2 atom stereocenters. The Morgan fingerprint density at radius 2 is 1.88 bits per heavy atom. The van der Waals surface area contributed by atoms with Gasteiger partial charge in [0, 0.05) is 29.6 Å². The number of furan rings is 1. The van der Waals surface area contributed by atoms with Gasteiger partial charge in [0.05, 0.1) is 12.2 Å². The summed E-state index contributed by atoms with van der Waals surface area (Å²) in [4.78, 5) is 26.1. The summed E-state index contributed by atoms with van der Waals surface area (Å²) in [6, 6.07) is 8.92. The summed E-state index contributed by atoms with van der Waals surface area (Å²) in [7, 11) is 0. The lowest BCUT2D eigenvalue weighted by Gasteiger charge is -2.16. The molecule has 1 saturated heterocycles. The van der Waals surface area contributed by atoms with Crippen molar-refractivity contribution in [3.63, 3.8) is 0 Å². The number of hydrogen-bond acceptors (Lipinski definition) is 3. The third-order valence-corrected chi connectivity index (χ3v) is 4.99. The molecule has 0 spiro atoms. The molecule has 132 valence electrons. The van der Waals surface area contributed by atoms with E-state index in [1.165, 1.54) is 6.26 Å². The van der Waals surface area contributed by atoms with Gasteiger partial charge in [-0.05, 0) is 29.7 Å². The normalized spacial score (nSPS) is 20.2. The first-order valence-corrected chi connectivity index (χ1v) is 8.61. The van der Waals surface area contributed by atoms with Crippen LogP contribution < -0.4 is 0 Å². The zero-order valence-corrected chi connectivity index (χ0v) is 14.9. The molecule has 0 aliphatic carbocycles. The summed E-state index contributed by atoms with van der Waals surface area (Å²) >= 11 is 5.92. The highest BCUT2D eigenvalue weighted by Gasteiger charge is 2.41. The number of nitrogens with zero attached hydrogens (tertiary/aromatic N) is 1. The standard InChI is InChI=1S/C19H20ClNO4/c1-11(2)14-7-8-25-17(14)18(22)21-9-15(16(10-21)19(23)24)12-3-5-13(20)6-4-12/h3-8,11,15-16H,9-10H2,1-2H3,(H,23,24)/t15-,16+/m0/s1. The number of likely N-dealkylation sites (tertiary alicyclic amines) is 1. The fraction of sp³-hybridized carbons (Fsp3) is 0.368. The fourth-order valence-electron chi connectivity index (χ4n) is 3.36. The van der Waals surface area contributed by atoms with Gasteiger partial charge >= 0.3 is 5.97 Å². The second kappa shape index (κ2) is 6.92. The Hall–Kier alpha value is -2.27. The van der Waals surface area contributed by atoms with Crippen molar-refractivity contribution in [2.75, 3.05) is 13.1 Å². The van der Waals surface area contributed by atoms with Crippen LogP contribution in [-0.4, -0.2) is 35.0 Å². The third-order valence-electron chi connectivity index (χ3n) is 4.73. The number of aliphatic carboxylic acids is 1. The molecule has 1 fully saturated rings. The van der Waals surface area contributed by atoms with Gasteiger partial charge in [0.15, 0.2) is 5.76 Å². The first kappa shape index (κ1) is 17.5. The Bertz CT molecular complexity index is 781. The van der Waals surface area contributed by atoms with Crippen molar-refractivity contribution in [3.8, 4) is 0 Å². The molecule has 0 bridgehead atoms. The van der Waals surface area contributed by atoms with Gasteiger partial charge in [-0.3, -0.25) is 9.59 Å². The van der Waals surface area contributed by atoms with E-state index in [4.69, 9.17) is 16.0 Å². The number of rotatable bonds is 4. The number of hydrogen-bond donors (Lipinski definition) is 1. The molecule has 1 aliphatic heterocycles. The zero-order chi connectivity index (χ0) is 18.1. The van der Waals surface area contributed by atoms with Gasteiger partial charge in [-0.25, -0.2) is 0 Å². The number of carbonyl (C=O) groups excluding carboxylic acids is 1. The molecule has 6 heteroatoms. The average molecular weight is 362 g/mol. The Balaban J connectivity index is 1.87. The summed E-state index contributed by atoms with van der Waals surface area (Å²) in [6.45, 7) is 4.49. The molecule has 0 saturated carbocycles. The van der Waals surface area contributed by atoms with Gasteiger partial charge in [-0.15, -0.1) is 0 Å². The molecule has 2 heterocycles. The maximum Gasteiger partial charge on any atom is 0.308 e. The third kappa shape index (κ3) is 3.42. The van der Waals surface area contributed by atoms with E-state index in [0.717, 1.165) is 11.1 Å². The van der Waals surface area contributed by atoms with E-state index in [0.29, 0.717) is 17.3 Å². The maximum absolute atomic E-state index is 12.9. The predicted molar refractivity (Wildman–Crippen MR) is 94.0 cm³/mol. The fourth-order valence-corrected chi connectivity index (χ4v) is 3.48. The first-order valence-electron chi connectivity index (χ1n) is 8.23. The van der Waals surface area contributed by atoms with Crippen molar-refractivity contribution in [3.05, 3.63) is 58.5 Å². The molecular weight excluding hydrogens is 342 g/mol. The Labute approximate surface area is 151 Å². The summed E-state index contributed by atoms with van der Waals surface area (Å²) in [6.07, 6.45) is 1.50. The minimum Gasteiger partial charge on any atom is -0.481 e. The zero-order valence-electron chi connectivity index (χ0n) is 14.1. The van der Waals surface area contributed by atoms with Crippen molar-refractivity contribution in [1.82, 2.24) is 4.90 Å². The SMILES string of the molecule is CC(C)c1ccoc1C(=O)N1C[C@@H](C(=O)O)[C@H](c2ccc(Cl)cc2)C1. The number of benzene rings is 1. The Morgan fingerprint density at radius 1 is 1.20 bits per heavy atom. The van der Waals surface area contributed by atoms with Gasteiger partial charge in [0.25, 0.3) is 5.91 Å². The van der Waals surface area contributed by atoms with Crippen molar-refractivity contribution >= 4 is 23.5 Å². The lowest BCUT2D eigenvalue weighted by atomic mass is 9.89. The average Bonchev–Trinajstić information content (AvgIpc) is 3.22. The van der Waals surface area contributed by atoms with Crippen LogP contribution in [0, 0.1) is 5.92 Å². The van der Waals surface area contributed by atoms with Crippen molar-refractivity contribution < 1.29 is 19.1 Å². The minimum atomic E-state index is -0.904. The van der Waals surface area contributed by atoms with Crippen LogP contribution in [0.1, 0.15) is 47.4 Å². The highest BCUT2D eigenvalue weighted by atomic mass is 35.5. The molecule has 3 rings (SSSR count). The largest absolute Gasteiger partial charge is 0.481 e. The summed E-state index contributed by atoms with van der Waals surface area (Å²) < 4.78 is 5.40. The highest BCUT2D eigenvalue weighted by Crippen LogP contribution is 2.35. The molecule has 0 unspecified atom stereocenters. The van der Waals surface area contributed by atoms with E-state index in [1.54, 1.807) is 23.1 Å². The molecular formula is C19H20ClNO4. The molecule has 1 aromatic carbocycles. The second-order valence-corrected chi connectivity index (χ2v) is 7.11. The van der Waals surface area contributed by atoms with Crippen LogP contribution in [0.4, 0.5) is 0 Å². The van der Waals surface area contributed by atoms with E-state index >= 15 is 0 Å². The van der Waals surface area contributed by atoms with Crippen LogP contribution in [-0.2, 0) is 4.79 Å². The predicted octanol–water partition coefficient (Wildman–Crippen LogP) is 4.00. The molecule has 25 heavy (non-hydrogen) atoms. The number of carboxylic acids is 1. The summed E-state index contributed by atoms with van der Waals surface area (Å²) in [5, 5.41) is 10.2. The van der Waals surface area contributed by atoms with Gasteiger partial charge in [-0.1, -0.05) is 37.6 Å². The van der Waals surface area contributed by atoms with Crippen LogP contribution >= 0.6 is 11.6 Å². The molecule has 1 aliphatic rings.